The number of halogens is 2. The van der Waals surface area contributed by atoms with Crippen molar-refractivity contribution in [3.8, 4) is 0 Å². The van der Waals surface area contributed by atoms with Crippen LogP contribution in [-0.2, 0) is 11.3 Å². The van der Waals surface area contributed by atoms with Gasteiger partial charge in [0.1, 0.15) is 0 Å². The van der Waals surface area contributed by atoms with Gasteiger partial charge in [-0.1, -0.05) is 33.3 Å². The summed E-state index contributed by atoms with van der Waals surface area (Å²) in [5.41, 5.74) is 6.03. The smallest absolute Gasteiger partial charge is 0.239 e. The predicted octanol–water partition coefficient (Wildman–Crippen LogP) is 3.39. The van der Waals surface area contributed by atoms with Gasteiger partial charge in [0.25, 0.3) is 0 Å². The van der Waals surface area contributed by atoms with E-state index < -0.39 is 0 Å². The van der Waals surface area contributed by atoms with Crippen LogP contribution < -0.4 is 5.73 Å². The van der Waals surface area contributed by atoms with E-state index in [9.17, 15) is 4.79 Å². The molecule has 1 aromatic heterocycles. The molecular formula is C16H31Cl2N3OS. The molecule has 2 N–H and O–H groups in total. The summed E-state index contributed by atoms with van der Waals surface area (Å²) in [6.45, 7) is 10.7. The first-order valence-corrected chi connectivity index (χ1v) is 8.79. The molecule has 0 bridgehead atoms. The molecule has 1 atom stereocenters. The Morgan fingerprint density at radius 3 is 2.35 bits per heavy atom. The van der Waals surface area contributed by atoms with Crippen molar-refractivity contribution in [1.82, 2.24) is 9.80 Å². The molecule has 0 spiro atoms. The van der Waals surface area contributed by atoms with Crippen LogP contribution in [0.4, 0.5) is 0 Å². The maximum absolute atomic E-state index is 12.5. The van der Waals surface area contributed by atoms with Gasteiger partial charge in [-0.3, -0.25) is 4.79 Å². The monoisotopic (exact) mass is 383 g/mol. The van der Waals surface area contributed by atoms with Gasteiger partial charge >= 0.3 is 0 Å². The second kappa shape index (κ2) is 14.1. The van der Waals surface area contributed by atoms with E-state index in [-0.39, 0.29) is 36.8 Å². The molecule has 0 aromatic carbocycles. The molecule has 0 aliphatic carbocycles. The third-order valence-electron chi connectivity index (χ3n) is 3.74. The number of thiophene rings is 1. The number of rotatable bonds is 10. The minimum absolute atomic E-state index is 0. The van der Waals surface area contributed by atoms with E-state index in [2.05, 4.69) is 31.7 Å². The predicted molar refractivity (Wildman–Crippen MR) is 105 cm³/mol. The quantitative estimate of drug-likeness (QED) is 0.673. The van der Waals surface area contributed by atoms with Crippen molar-refractivity contribution >= 4 is 42.1 Å². The van der Waals surface area contributed by atoms with Gasteiger partial charge in [-0.2, -0.15) is 0 Å². The highest BCUT2D eigenvalue weighted by Crippen LogP contribution is 2.13. The van der Waals surface area contributed by atoms with E-state index in [0.29, 0.717) is 6.54 Å². The summed E-state index contributed by atoms with van der Waals surface area (Å²) < 4.78 is 0. The third-order valence-corrected chi connectivity index (χ3v) is 4.60. The van der Waals surface area contributed by atoms with Gasteiger partial charge in [0.15, 0.2) is 0 Å². The average Bonchev–Trinajstić information content (AvgIpc) is 2.99. The zero-order chi connectivity index (χ0) is 15.7. The Labute approximate surface area is 157 Å². The zero-order valence-electron chi connectivity index (χ0n) is 14.4. The molecule has 1 aromatic rings. The molecule has 0 saturated carbocycles. The normalized spacial score (nSPS) is 11.5. The summed E-state index contributed by atoms with van der Waals surface area (Å²) in [5, 5.41) is 2.05. The van der Waals surface area contributed by atoms with Crippen LogP contribution in [0.2, 0.25) is 0 Å². The van der Waals surface area contributed by atoms with E-state index in [1.807, 2.05) is 16.3 Å². The van der Waals surface area contributed by atoms with E-state index in [1.54, 1.807) is 11.3 Å². The lowest BCUT2D eigenvalue weighted by molar-refractivity contribution is -0.133. The Kier molecular flexibility index (Phi) is 15.2. The van der Waals surface area contributed by atoms with Gasteiger partial charge in [-0.15, -0.1) is 36.2 Å². The summed E-state index contributed by atoms with van der Waals surface area (Å²) in [6.07, 6.45) is 1.70. The first kappa shape index (κ1) is 24.9. The molecule has 1 heterocycles. The highest BCUT2D eigenvalue weighted by atomic mass is 35.5. The van der Waals surface area contributed by atoms with Crippen molar-refractivity contribution in [3.63, 3.8) is 0 Å². The van der Waals surface area contributed by atoms with Crippen molar-refractivity contribution in [2.24, 2.45) is 5.73 Å². The van der Waals surface area contributed by atoms with Crippen LogP contribution in [0.3, 0.4) is 0 Å². The highest BCUT2D eigenvalue weighted by Gasteiger charge is 2.21. The van der Waals surface area contributed by atoms with Gasteiger partial charge in [-0.05, 0) is 31.0 Å². The Balaban J connectivity index is 0. The number of hydrogen-bond acceptors (Lipinski definition) is 4. The zero-order valence-corrected chi connectivity index (χ0v) is 16.8. The SMILES string of the molecule is CCCC(N)C(=O)N(CCN(CC)CC)Cc1cccs1.Cl.Cl. The molecule has 0 aliphatic heterocycles. The molecule has 1 amide bonds. The Morgan fingerprint density at radius 1 is 1.22 bits per heavy atom. The van der Waals surface area contributed by atoms with Crippen LogP contribution in [0, 0.1) is 0 Å². The Hall–Kier alpha value is -0.330. The number of hydrogen-bond donors (Lipinski definition) is 1. The third kappa shape index (κ3) is 8.91. The maximum atomic E-state index is 12.5. The molecule has 1 unspecified atom stereocenters. The van der Waals surface area contributed by atoms with Crippen LogP contribution in [0.5, 0.6) is 0 Å². The number of amides is 1. The second-order valence-corrected chi connectivity index (χ2v) is 6.29. The van der Waals surface area contributed by atoms with E-state index in [1.165, 1.54) is 4.88 Å². The van der Waals surface area contributed by atoms with Crippen LogP contribution >= 0.6 is 36.2 Å². The highest BCUT2D eigenvalue weighted by molar-refractivity contribution is 7.09. The van der Waals surface area contributed by atoms with Gasteiger partial charge in [0.05, 0.1) is 12.6 Å². The first-order valence-electron chi connectivity index (χ1n) is 7.91. The Morgan fingerprint density at radius 2 is 1.87 bits per heavy atom. The summed E-state index contributed by atoms with van der Waals surface area (Å²) in [4.78, 5) is 18.0. The maximum Gasteiger partial charge on any atom is 0.239 e. The second-order valence-electron chi connectivity index (χ2n) is 5.26. The van der Waals surface area contributed by atoms with Crippen molar-refractivity contribution in [2.45, 2.75) is 46.2 Å². The molecule has 0 fully saturated rings. The molecule has 7 heteroatoms. The number of nitrogens with two attached hydrogens (primary N) is 1. The molecule has 0 saturated heterocycles. The summed E-state index contributed by atoms with van der Waals surface area (Å²) in [6, 6.07) is 3.74. The summed E-state index contributed by atoms with van der Waals surface area (Å²) in [5.74, 6) is 0.0809. The van der Waals surface area contributed by atoms with Crippen LogP contribution in [-0.4, -0.2) is 47.9 Å². The van der Waals surface area contributed by atoms with Gasteiger partial charge in [0.2, 0.25) is 5.91 Å². The lowest BCUT2D eigenvalue weighted by atomic mass is 10.1. The molecule has 0 aliphatic rings. The van der Waals surface area contributed by atoms with E-state index in [0.717, 1.165) is 39.0 Å². The number of likely N-dealkylation sites (N-methyl/N-ethyl adjacent to an activating group) is 1. The van der Waals surface area contributed by atoms with Crippen molar-refractivity contribution < 1.29 is 4.79 Å². The molecule has 4 nitrogen and oxygen atoms in total. The van der Waals surface area contributed by atoms with Crippen molar-refractivity contribution in [3.05, 3.63) is 22.4 Å². The molecule has 23 heavy (non-hydrogen) atoms. The van der Waals surface area contributed by atoms with Gasteiger partial charge < -0.3 is 15.5 Å². The lowest BCUT2D eigenvalue weighted by Gasteiger charge is -2.28. The summed E-state index contributed by atoms with van der Waals surface area (Å²) in [7, 11) is 0. The van der Waals surface area contributed by atoms with Crippen molar-refractivity contribution in [1.29, 1.82) is 0 Å². The fraction of sp³-hybridized carbons (Fsp3) is 0.688. The number of nitrogens with zero attached hydrogens (tertiary/aromatic N) is 2. The number of carbonyl (C=O) groups excluding carboxylic acids is 1. The van der Waals surface area contributed by atoms with E-state index in [4.69, 9.17) is 5.73 Å². The summed E-state index contributed by atoms with van der Waals surface area (Å²) >= 11 is 1.69. The van der Waals surface area contributed by atoms with Crippen molar-refractivity contribution in [2.75, 3.05) is 26.2 Å². The molecule has 1 rings (SSSR count). The fourth-order valence-corrected chi connectivity index (χ4v) is 3.05. The largest absolute Gasteiger partial charge is 0.335 e. The topological polar surface area (TPSA) is 49.6 Å². The molecular weight excluding hydrogens is 353 g/mol. The van der Waals surface area contributed by atoms with Crippen LogP contribution in [0.1, 0.15) is 38.5 Å². The van der Waals surface area contributed by atoms with Crippen LogP contribution in [0.15, 0.2) is 17.5 Å². The fourth-order valence-electron chi connectivity index (χ4n) is 2.33. The number of carbonyl (C=O) groups is 1. The molecule has 0 radical (unpaired) electrons. The minimum atomic E-state index is -0.369. The van der Waals surface area contributed by atoms with Gasteiger partial charge in [-0.25, -0.2) is 0 Å². The van der Waals surface area contributed by atoms with Gasteiger partial charge in [0, 0.05) is 18.0 Å². The molecule has 136 valence electrons. The van der Waals surface area contributed by atoms with E-state index >= 15 is 0 Å². The minimum Gasteiger partial charge on any atom is -0.335 e. The average molecular weight is 384 g/mol. The first-order chi connectivity index (χ1) is 10.1. The Bertz CT molecular complexity index is 400. The standard InChI is InChI=1S/C16H29N3OS.2ClH/c1-4-8-15(17)16(20)19(11-10-18(5-2)6-3)13-14-9-7-12-21-14;;/h7,9,12,15H,4-6,8,10-11,13,17H2,1-3H3;2*1H. The van der Waals surface area contributed by atoms with Crippen LogP contribution in [0.25, 0.3) is 0 Å². The lowest BCUT2D eigenvalue weighted by Crippen LogP contribution is -2.46.